The Bertz CT molecular complexity index is 1230. The normalized spacial score (nSPS) is 11.9. The number of anilines is 2. The van der Waals surface area contributed by atoms with Gasteiger partial charge in [0, 0.05) is 29.1 Å². The molecule has 0 saturated heterocycles. The second kappa shape index (κ2) is 8.96. The number of rotatable bonds is 6. The van der Waals surface area contributed by atoms with Crippen molar-refractivity contribution in [1.82, 2.24) is 9.78 Å². The molecule has 1 heterocycles. The summed E-state index contributed by atoms with van der Waals surface area (Å²) in [6, 6.07) is 15.3. The Morgan fingerprint density at radius 1 is 1.12 bits per heavy atom. The number of carbonyl (C=O) groups excluding carboxylic acids is 1. The van der Waals surface area contributed by atoms with E-state index in [-0.39, 0.29) is 17.9 Å². The fourth-order valence-electron chi connectivity index (χ4n) is 3.10. The van der Waals surface area contributed by atoms with Crippen LogP contribution in [0.4, 0.5) is 11.5 Å². The molecule has 2 aromatic carbocycles. The number of nitrogens with one attached hydrogen (secondary N) is 1. The molecule has 0 aliphatic rings. The van der Waals surface area contributed by atoms with Gasteiger partial charge in [0.25, 0.3) is 5.91 Å². The van der Waals surface area contributed by atoms with Crippen LogP contribution in [-0.2, 0) is 29.0 Å². The molecule has 3 rings (SSSR count). The smallest absolute Gasteiger partial charge is 0.256 e. The molecule has 0 bridgehead atoms. The summed E-state index contributed by atoms with van der Waals surface area (Å²) in [6.45, 7) is 6.25. The molecule has 9 heteroatoms. The van der Waals surface area contributed by atoms with Crippen LogP contribution in [-0.4, -0.2) is 30.4 Å². The predicted molar refractivity (Wildman–Crippen MR) is 129 cm³/mol. The standard InChI is InChI=1S/C23H27ClN4O3S/c1-23(2,3)20-14-21(27(4)26-20)25-22(29)16-10-12-18(13-11-16)28(32(5,30)31)15-17-8-6-7-9-19(17)24/h6-14H,15H2,1-5H3,(H,25,29). The Kier molecular flexibility index (Phi) is 6.67. The topological polar surface area (TPSA) is 84.3 Å². The van der Waals surface area contributed by atoms with E-state index in [0.717, 1.165) is 11.9 Å². The minimum Gasteiger partial charge on any atom is -0.307 e. The zero-order chi connectivity index (χ0) is 23.7. The summed E-state index contributed by atoms with van der Waals surface area (Å²) in [6.07, 6.45) is 1.14. The fourth-order valence-corrected chi connectivity index (χ4v) is 4.17. The summed E-state index contributed by atoms with van der Waals surface area (Å²) in [7, 11) is -1.80. The van der Waals surface area contributed by atoms with Gasteiger partial charge in [0.2, 0.25) is 10.0 Å². The van der Waals surface area contributed by atoms with E-state index >= 15 is 0 Å². The van der Waals surface area contributed by atoms with Gasteiger partial charge in [0.15, 0.2) is 0 Å². The van der Waals surface area contributed by atoms with E-state index < -0.39 is 10.0 Å². The summed E-state index contributed by atoms with van der Waals surface area (Å²) in [5, 5.41) is 7.80. The zero-order valence-electron chi connectivity index (χ0n) is 18.8. The van der Waals surface area contributed by atoms with Crippen molar-refractivity contribution < 1.29 is 13.2 Å². The summed E-state index contributed by atoms with van der Waals surface area (Å²) >= 11 is 6.21. The number of benzene rings is 2. The summed E-state index contributed by atoms with van der Waals surface area (Å²) in [5.74, 6) is 0.275. The Labute approximate surface area is 194 Å². The highest BCUT2D eigenvalue weighted by molar-refractivity contribution is 7.92. The van der Waals surface area contributed by atoms with Gasteiger partial charge < -0.3 is 5.32 Å². The maximum absolute atomic E-state index is 12.7. The highest BCUT2D eigenvalue weighted by Crippen LogP contribution is 2.26. The molecule has 32 heavy (non-hydrogen) atoms. The third-order valence-corrected chi connectivity index (χ3v) is 6.49. The predicted octanol–water partition coefficient (Wildman–Crippen LogP) is 4.59. The Morgan fingerprint density at radius 3 is 2.28 bits per heavy atom. The number of hydrogen-bond acceptors (Lipinski definition) is 4. The van der Waals surface area contributed by atoms with Crippen molar-refractivity contribution in [2.45, 2.75) is 32.7 Å². The van der Waals surface area contributed by atoms with Gasteiger partial charge in [0.05, 0.1) is 24.2 Å². The molecule has 3 aromatic rings. The van der Waals surface area contributed by atoms with Crippen LogP contribution in [0.1, 0.15) is 42.4 Å². The van der Waals surface area contributed by atoms with E-state index in [9.17, 15) is 13.2 Å². The summed E-state index contributed by atoms with van der Waals surface area (Å²) in [4.78, 5) is 12.7. The van der Waals surface area contributed by atoms with E-state index in [4.69, 9.17) is 11.6 Å². The lowest BCUT2D eigenvalue weighted by Crippen LogP contribution is -2.29. The highest BCUT2D eigenvalue weighted by Gasteiger charge is 2.21. The first-order valence-electron chi connectivity index (χ1n) is 10.0. The Morgan fingerprint density at radius 2 is 1.75 bits per heavy atom. The molecule has 0 aliphatic carbocycles. The second-order valence-corrected chi connectivity index (χ2v) is 11.0. The van der Waals surface area contributed by atoms with E-state index in [1.807, 2.05) is 6.07 Å². The van der Waals surface area contributed by atoms with Gasteiger partial charge in [-0.05, 0) is 35.9 Å². The van der Waals surface area contributed by atoms with E-state index in [1.54, 1.807) is 60.3 Å². The molecule has 0 radical (unpaired) electrons. The van der Waals surface area contributed by atoms with E-state index in [0.29, 0.717) is 27.7 Å². The highest BCUT2D eigenvalue weighted by atomic mass is 35.5. The van der Waals surface area contributed by atoms with Crippen LogP contribution in [0.5, 0.6) is 0 Å². The number of nitrogens with zero attached hydrogens (tertiary/aromatic N) is 3. The molecule has 170 valence electrons. The first kappa shape index (κ1) is 23.8. The van der Waals surface area contributed by atoms with Crippen LogP contribution < -0.4 is 9.62 Å². The molecule has 0 aliphatic heterocycles. The third kappa shape index (κ3) is 5.49. The van der Waals surface area contributed by atoms with Crippen molar-refractivity contribution in [3.8, 4) is 0 Å². The van der Waals surface area contributed by atoms with Gasteiger partial charge in [0.1, 0.15) is 5.82 Å². The number of halogens is 1. The van der Waals surface area contributed by atoms with Gasteiger partial charge in [-0.2, -0.15) is 5.10 Å². The van der Waals surface area contributed by atoms with Gasteiger partial charge in [-0.25, -0.2) is 8.42 Å². The fraction of sp³-hybridized carbons (Fsp3) is 0.304. The molecular formula is C23H27ClN4O3S. The number of aromatic nitrogens is 2. The van der Waals surface area contributed by atoms with E-state index in [1.165, 1.54) is 4.31 Å². The third-order valence-electron chi connectivity index (χ3n) is 4.98. The first-order chi connectivity index (χ1) is 14.9. The SMILES string of the molecule is Cn1nc(C(C)(C)C)cc1NC(=O)c1ccc(N(Cc2ccccc2Cl)S(C)(=O)=O)cc1. The minimum absolute atomic E-state index is 0.0919. The van der Waals surface area contributed by atoms with E-state index in [2.05, 4.69) is 31.2 Å². The zero-order valence-corrected chi connectivity index (χ0v) is 20.3. The molecule has 0 saturated carbocycles. The first-order valence-corrected chi connectivity index (χ1v) is 12.3. The molecular weight excluding hydrogens is 448 g/mol. The van der Waals surface area contributed by atoms with Crippen molar-refractivity contribution in [2.75, 3.05) is 15.9 Å². The van der Waals surface area contributed by atoms with Crippen molar-refractivity contribution in [1.29, 1.82) is 0 Å². The maximum Gasteiger partial charge on any atom is 0.256 e. The lowest BCUT2D eigenvalue weighted by molar-refractivity contribution is 0.102. The van der Waals surface area contributed by atoms with Crippen molar-refractivity contribution in [2.24, 2.45) is 7.05 Å². The van der Waals surface area contributed by atoms with Crippen LogP contribution >= 0.6 is 11.6 Å². The average Bonchev–Trinajstić information content (AvgIpc) is 3.07. The summed E-state index contributed by atoms with van der Waals surface area (Å²) < 4.78 is 27.7. The van der Waals surface area contributed by atoms with Gasteiger partial charge in [-0.3, -0.25) is 13.8 Å². The number of aryl methyl sites for hydroxylation is 1. The van der Waals surface area contributed by atoms with Crippen LogP contribution in [0, 0.1) is 0 Å². The second-order valence-electron chi connectivity index (χ2n) is 8.65. The number of hydrogen-bond donors (Lipinski definition) is 1. The molecule has 1 N–H and O–H groups in total. The molecule has 1 aromatic heterocycles. The lowest BCUT2D eigenvalue weighted by Gasteiger charge is -2.23. The largest absolute Gasteiger partial charge is 0.307 e. The van der Waals surface area contributed by atoms with Crippen molar-refractivity contribution >= 4 is 39.0 Å². The molecule has 0 spiro atoms. The average molecular weight is 475 g/mol. The number of amides is 1. The molecule has 1 amide bonds. The van der Waals surface area contributed by atoms with Crippen LogP contribution in [0.15, 0.2) is 54.6 Å². The van der Waals surface area contributed by atoms with Gasteiger partial charge >= 0.3 is 0 Å². The molecule has 0 fully saturated rings. The summed E-state index contributed by atoms with van der Waals surface area (Å²) in [5.41, 5.74) is 2.26. The Balaban J connectivity index is 1.81. The van der Waals surface area contributed by atoms with Crippen LogP contribution in [0.3, 0.4) is 0 Å². The quantitative estimate of drug-likeness (QED) is 0.566. The number of sulfonamides is 1. The van der Waals surface area contributed by atoms with Crippen LogP contribution in [0.25, 0.3) is 0 Å². The maximum atomic E-state index is 12.7. The number of carbonyl (C=O) groups is 1. The minimum atomic E-state index is -3.57. The van der Waals surface area contributed by atoms with Gasteiger partial charge in [-0.15, -0.1) is 0 Å². The molecule has 0 atom stereocenters. The Hall–Kier alpha value is -2.84. The monoisotopic (exact) mass is 474 g/mol. The van der Waals surface area contributed by atoms with Gasteiger partial charge in [-0.1, -0.05) is 50.6 Å². The molecule has 0 unspecified atom stereocenters. The lowest BCUT2D eigenvalue weighted by atomic mass is 9.92. The van der Waals surface area contributed by atoms with Crippen molar-refractivity contribution in [3.05, 3.63) is 76.4 Å². The molecule has 7 nitrogen and oxygen atoms in total. The van der Waals surface area contributed by atoms with Crippen LogP contribution in [0.2, 0.25) is 5.02 Å². The van der Waals surface area contributed by atoms with Crippen molar-refractivity contribution in [3.63, 3.8) is 0 Å².